The number of amides is 1. The van der Waals surface area contributed by atoms with E-state index in [0.29, 0.717) is 40.7 Å². The third kappa shape index (κ3) is 3.53. The third-order valence-electron chi connectivity index (χ3n) is 7.70. The summed E-state index contributed by atoms with van der Waals surface area (Å²) in [5.74, 6) is -1.11. The van der Waals surface area contributed by atoms with Crippen LogP contribution < -0.4 is 11.1 Å². The molecule has 0 unspecified atom stereocenters. The van der Waals surface area contributed by atoms with Gasteiger partial charge in [-0.3, -0.25) is 14.5 Å². The van der Waals surface area contributed by atoms with Crippen LogP contribution in [0, 0.1) is 18.7 Å². The Morgan fingerprint density at radius 3 is 2.79 bits per heavy atom. The largest absolute Gasteiger partial charge is 0.469 e. The molecule has 0 radical (unpaired) electrons. The minimum atomic E-state index is -1.20. The molecule has 0 bridgehead atoms. The first-order valence-corrected chi connectivity index (χ1v) is 12.1. The van der Waals surface area contributed by atoms with E-state index in [-0.39, 0.29) is 30.2 Å². The number of likely N-dealkylation sites (tertiary alicyclic amines) is 1. The average molecular weight is 486 g/mol. The normalized spacial score (nSPS) is 28.3. The number of carbonyl (C=O) groups excluding carboxylic acids is 2. The van der Waals surface area contributed by atoms with Crippen LogP contribution >= 0.6 is 11.6 Å². The summed E-state index contributed by atoms with van der Waals surface area (Å²) in [7, 11) is 1.36. The highest BCUT2D eigenvalue weighted by Crippen LogP contribution is 2.58. The van der Waals surface area contributed by atoms with Crippen molar-refractivity contribution in [3.8, 4) is 0 Å². The van der Waals surface area contributed by atoms with Crippen molar-refractivity contribution < 1.29 is 18.7 Å². The fourth-order valence-electron chi connectivity index (χ4n) is 5.95. The number of rotatable bonds is 6. The van der Waals surface area contributed by atoms with Crippen LogP contribution in [0.25, 0.3) is 0 Å². The van der Waals surface area contributed by atoms with Crippen molar-refractivity contribution in [2.75, 3.05) is 19.0 Å². The number of nitrogens with one attached hydrogen (secondary N) is 1. The second kappa shape index (κ2) is 8.63. The van der Waals surface area contributed by atoms with Gasteiger partial charge in [0.05, 0.1) is 7.11 Å². The minimum absolute atomic E-state index is 0.171. The molecule has 2 heterocycles. The molecule has 4 atom stereocenters. The lowest BCUT2D eigenvalue weighted by Gasteiger charge is -2.40. The summed E-state index contributed by atoms with van der Waals surface area (Å²) in [6.45, 7) is 2.37. The van der Waals surface area contributed by atoms with E-state index >= 15 is 4.39 Å². The zero-order valence-corrected chi connectivity index (χ0v) is 20.1. The van der Waals surface area contributed by atoms with Crippen molar-refractivity contribution in [1.29, 1.82) is 0 Å². The van der Waals surface area contributed by atoms with E-state index in [2.05, 4.69) is 10.2 Å². The van der Waals surface area contributed by atoms with Gasteiger partial charge in [-0.2, -0.15) is 0 Å². The van der Waals surface area contributed by atoms with E-state index in [1.807, 2.05) is 6.07 Å². The first kappa shape index (κ1) is 23.3. The monoisotopic (exact) mass is 485 g/mol. The Morgan fingerprint density at radius 2 is 2.09 bits per heavy atom. The van der Waals surface area contributed by atoms with Crippen LogP contribution in [-0.4, -0.2) is 42.5 Å². The van der Waals surface area contributed by atoms with Crippen LogP contribution in [0.4, 0.5) is 10.1 Å². The van der Waals surface area contributed by atoms with Gasteiger partial charge in [-0.15, -0.1) is 0 Å². The van der Waals surface area contributed by atoms with Crippen LogP contribution in [0.1, 0.15) is 48.3 Å². The molecule has 1 aliphatic carbocycles. The van der Waals surface area contributed by atoms with E-state index < -0.39 is 17.5 Å². The fourth-order valence-corrected chi connectivity index (χ4v) is 6.12. The highest BCUT2D eigenvalue weighted by atomic mass is 35.5. The molecule has 180 valence electrons. The quantitative estimate of drug-likeness (QED) is 0.602. The van der Waals surface area contributed by atoms with Gasteiger partial charge >= 0.3 is 5.97 Å². The van der Waals surface area contributed by atoms with E-state index in [4.69, 9.17) is 22.1 Å². The van der Waals surface area contributed by atoms with Crippen LogP contribution in [0.3, 0.4) is 0 Å². The number of benzene rings is 2. The van der Waals surface area contributed by atoms with Crippen LogP contribution in [0.5, 0.6) is 0 Å². The predicted molar refractivity (Wildman–Crippen MR) is 128 cm³/mol. The Labute approximate surface area is 203 Å². The van der Waals surface area contributed by atoms with Crippen molar-refractivity contribution in [3.05, 3.63) is 63.9 Å². The second-order valence-corrected chi connectivity index (χ2v) is 10.2. The Bertz CT molecular complexity index is 1150. The number of ether oxygens (including phenoxy) is 1. The van der Waals surface area contributed by atoms with E-state index in [1.54, 1.807) is 37.3 Å². The highest BCUT2D eigenvalue weighted by molar-refractivity contribution is 6.31. The Balaban J connectivity index is 1.72. The molecular formula is C26H29ClFN3O3. The van der Waals surface area contributed by atoms with Crippen molar-refractivity contribution in [3.63, 3.8) is 0 Å². The molecule has 2 aliphatic heterocycles. The van der Waals surface area contributed by atoms with Gasteiger partial charge in [-0.05, 0) is 55.4 Å². The summed E-state index contributed by atoms with van der Waals surface area (Å²) in [4.78, 5) is 28.2. The molecule has 1 amide bonds. The summed E-state index contributed by atoms with van der Waals surface area (Å²) in [5.41, 5.74) is 8.03. The molecule has 3 N–H and O–H groups in total. The zero-order valence-electron chi connectivity index (χ0n) is 19.3. The highest BCUT2D eigenvalue weighted by Gasteiger charge is 2.66. The number of halogens is 2. The lowest BCUT2D eigenvalue weighted by atomic mass is 9.73. The van der Waals surface area contributed by atoms with Crippen molar-refractivity contribution >= 4 is 29.2 Å². The maximum atomic E-state index is 15.6. The van der Waals surface area contributed by atoms with Gasteiger partial charge in [0.1, 0.15) is 11.4 Å². The SMILES string of the molecule is COC(=O)CC[C@H]1[C@@H](N)[C@H](c2cccc(C)c2F)[C@]2(C(=O)Nc3cc(Cl)ccc32)N1CC1CC1. The number of hydrogen-bond donors (Lipinski definition) is 2. The minimum Gasteiger partial charge on any atom is -0.469 e. The van der Waals surface area contributed by atoms with Gasteiger partial charge in [0.25, 0.3) is 0 Å². The molecule has 6 nitrogen and oxygen atoms in total. The van der Waals surface area contributed by atoms with Gasteiger partial charge in [-0.1, -0.05) is 35.9 Å². The summed E-state index contributed by atoms with van der Waals surface area (Å²) >= 11 is 6.25. The number of hydrogen-bond acceptors (Lipinski definition) is 5. The topological polar surface area (TPSA) is 84.7 Å². The molecule has 3 aliphatic rings. The van der Waals surface area contributed by atoms with Crippen molar-refractivity contribution in [2.24, 2.45) is 11.7 Å². The van der Waals surface area contributed by atoms with E-state index in [9.17, 15) is 9.59 Å². The smallest absolute Gasteiger partial charge is 0.305 e. The zero-order chi connectivity index (χ0) is 24.2. The number of anilines is 1. The van der Waals surface area contributed by atoms with Gasteiger partial charge in [0.15, 0.2) is 0 Å². The van der Waals surface area contributed by atoms with Crippen LogP contribution in [0.15, 0.2) is 36.4 Å². The summed E-state index contributed by atoms with van der Waals surface area (Å²) in [5, 5.41) is 3.52. The number of carbonyl (C=O) groups is 2. The molecule has 1 saturated heterocycles. The van der Waals surface area contributed by atoms with Crippen LogP contribution in [-0.2, 0) is 19.9 Å². The molecule has 1 spiro atoms. The number of nitrogens with two attached hydrogens (primary N) is 1. The maximum absolute atomic E-state index is 15.6. The summed E-state index contributed by atoms with van der Waals surface area (Å²) < 4.78 is 20.5. The molecule has 5 rings (SSSR count). The fraction of sp³-hybridized carbons (Fsp3) is 0.462. The first-order chi connectivity index (χ1) is 16.3. The summed E-state index contributed by atoms with van der Waals surface area (Å²) in [6.07, 6.45) is 2.74. The van der Waals surface area contributed by atoms with Gasteiger partial charge < -0.3 is 15.8 Å². The maximum Gasteiger partial charge on any atom is 0.305 e. The average Bonchev–Trinajstić information content (AvgIpc) is 3.54. The predicted octanol–water partition coefficient (Wildman–Crippen LogP) is 4.09. The summed E-state index contributed by atoms with van der Waals surface area (Å²) in [6, 6.07) is 9.70. The van der Waals surface area contributed by atoms with Crippen LogP contribution in [0.2, 0.25) is 5.02 Å². The van der Waals surface area contributed by atoms with Crippen molar-refractivity contribution in [1.82, 2.24) is 4.90 Å². The Morgan fingerprint density at radius 1 is 1.32 bits per heavy atom. The molecule has 34 heavy (non-hydrogen) atoms. The molecule has 2 aromatic carbocycles. The van der Waals surface area contributed by atoms with Gasteiger partial charge in [0, 0.05) is 47.2 Å². The second-order valence-electron chi connectivity index (χ2n) is 9.72. The Hall–Kier alpha value is -2.48. The number of fused-ring (bicyclic) bond motifs is 2. The standard InChI is InChI=1S/C26H29ClFN3O3/c1-14-4-3-5-17(23(14)28)22-24(29)20(10-11-21(32)34-2)31(13-15-6-7-15)26(22)18-9-8-16(27)12-19(18)30-25(26)33/h3-5,8-9,12,15,20,22,24H,6-7,10-11,13,29H2,1-2H3,(H,30,33)/t20-,22-,24+,26+/m0/s1. The Kier molecular flexibility index (Phi) is 5.91. The van der Waals surface area contributed by atoms with Gasteiger partial charge in [-0.25, -0.2) is 4.39 Å². The molecule has 1 saturated carbocycles. The molecule has 8 heteroatoms. The molecule has 0 aromatic heterocycles. The lowest BCUT2D eigenvalue weighted by Crippen LogP contribution is -2.52. The van der Waals surface area contributed by atoms with E-state index in [1.165, 1.54) is 7.11 Å². The lowest BCUT2D eigenvalue weighted by molar-refractivity contribution is -0.141. The van der Waals surface area contributed by atoms with E-state index in [0.717, 1.165) is 18.4 Å². The molecule has 2 fully saturated rings. The number of nitrogens with zero attached hydrogens (tertiary/aromatic N) is 1. The molecular weight excluding hydrogens is 457 g/mol. The molecule has 2 aromatic rings. The third-order valence-corrected chi connectivity index (χ3v) is 7.93. The van der Waals surface area contributed by atoms with Gasteiger partial charge in [0.2, 0.25) is 5.91 Å². The number of esters is 1. The number of aryl methyl sites for hydroxylation is 1. The number of methoxy groups -OCH3 is 1. The first-order valence-electron chi connectivity index (χ1n) is 11.7. The van der Waals surface area contributed by atoms with Crippen molar-refractivity contribution in [2.45, 2.75) is 56.1 Å².